The van der Waals surface area contributed by atoms with Crippen LogP contribution in [0.15, 0.2) is 42.5 Å². The van der Waals surface area contributed by atoms with Crippen LogP contribution in [0.5, 0.6) is 5.75 Å². The highest BCUT2D eigenvalue weighted by Crippen LogP contribution is 2.26. The first-order valence-electron chi connectivity index (χ1n) is 6.45. The van der Waals surface area contributed by atoms with Gasteiger partial charge in [-0.1, -0.05) is 18.2 Å². The molecular formula is C15H14N2O3. The zero-order valence-corrected chi connectivity index (χ0v) is 10.8. The largest absolute Gasteiger partial charge is 0.493 e. The Morgan fingerprint density at radius 2 is 2.15 bits per heavy atom. The van der Waals surface area contributed by atoms with Gasteiger partial charge in [-0.25, -0.2) is 0 Å². The van der Waals surface area contributed by atoms with Crippen molar-refractivity contribution in [2.45, 2.75) is 13.0 Å². The smallest absolute Gasteiger partial charge is 0.271 e. The molecule has 5 heteroatoms. The second-order valence-electron chi connectivity index (χ2n) is 4.70. The van der Waals surface area contributed by atoms with Crippen LogP contribution in [0, 0.1) is 10.1 Å². The molecular weight excluding hydrogens is 256 g/mol. The van der Waals surface area contributed by atoms with E-state index >= 15 is 0 Å². The SMILES string of the molecule is O=[N+]([O-])c1cccc(NCc2ccc3c(c2)CCO3)c1. The minimum atomic E-state index is -0.391. The summed E-state index contributed by atoms with van der Waals surface area (Å²) in [6.45, 7) is 1.38. The molecule has 1 heterocycles. The Balaban J connectivity index is 1.70. The van der Waals surface area contributed by atoms with Gasteiger partial charge >= 0.3 is 0 Å². The number of nitro groups is 1. The number of fused-ring (bicyclic) bond motifs is 1. The van der Waals surface area contributed by atoms with E-state index in [1.165, 1.54) is 17.7 Å². The molecule has 3 rings (SSSR count). The van der Waals surface area contributed by atoms with Gasteiger partial charge in [0.2, 0.25) is 0 Å². The van der Waals surface area contributed by atoms with E-state index in [1.807, 2.05) is 18.2 Å². The van der Waals surface area contributed by atoms with E-state index in [2.05, 4.69) is 11.4 Å². The topological polar surface area (TPSA) is 64.4 Å². The first-order chi connectivity index (χ1) is 9.72. The zero-order valence-electron chi connectivity index (χ0n) is 10.8. The van der Waals surface area contributed by atoms with Crippen LogP contribution in [0.1, 0.15) is 11.1 Å². The second kappa shape index (κ2) is 5.21. The first kappa shape index (κ1) is 12.5. The summed E-state index contributed by atoms with van der Waals surface area (Å²) >= 11 is 0. The minimum Gasteiger partial charge on any atom is -0.493 e. The number of anilines is 1. The van der Waals surface area contributed by atoms with E-state index in [0.717, 1.165) is 30.0 Å². The predicted octanol–water partition coefficient (Wildman–Crippen LogP) is 3.14. The number of rotatable bonds is 4. The second-order valence-corrected chi connectivity index (χ2v) is 4.70. The molecule has 2 aromatic carbocycles. The highest BCUT2D eigenvalue weighted by atomic mass is 16.6. The van der Waals surface area contributed by atoms with Crippen LogP contribution in [0.25, 0.3) is 0 Å². The van der Waals surface area contributed by atoms with Crippen molar-refractivity contribution >= 4 is 11.4 Å². The molecule has 0 saturated carbocycles. The normalized spacial score (nSPS) is 12.6. The molecule has 1 aliphatic heterocycles. The van der Waals surface area contributed by atoms with Gasteiger partial charge in [-0.3, -0.25) is 10.1 Å². The van der Waals surface area contributed by atoms with Gasteiger partial charge in [0.05, 0.1) is 11.5 Å². The van der Waals surface area contributed by atoms with Crippen LogP contribution in [-0.4, -0.2) is 11.5 Å². The molecule has 0 unspecified atom stereocenters. The van der Waals surface area contributed by atoms with Crippen molar-refractivity contribution < 1.29 is 9.66 Å². The Kier molecular flexibility index (Phi) is 3.25. The van der Waals surface area contributed by atoms with Crippen molar-refractivity contribution in [3.8, 4) is 5.75 Å². The third-order valence-electron chi connectivity index (χ3n) is 3.31. The Morgan fingerprint density at radius 3 is 3.00 bits per heavy atom. The molecule has 20 heavy (non-hydrogen) atoms. The number of benzene rings is 2. The Hall–Kier alpha value is -2.56. The van der Waals surface area contributed by atoms with Crippen molar-refractivity contribution in [1.82, 2.24) is 0 Å². The highest BCUT2D eigenvalue weighted by Gasteiger charge is 2.12. The van der Waals surface area contributed by atoms with Gasteiger partial charge in [0.15, 0.2) is 0 Å². The molecule has 0 saturated heterocycles. The first-order valence-corrected chi connectivity index (χ1v) is 6.45. The van der Waals surface area contributed by atoms with E-state index in [0.29, 0.717) is 6.54 Å². The van der Waals surface area contributed by atoms with Gasteiger partial charge in [-0.15, -0.1) is 0 Å². The lowest BCUT2D eigenvalue weighted by atomic mass is 10.1. The molecule has 1 aliphatic rings. The van der Waals surface area contributed by atoms with Crippen LogP contribution >= 0.6 is 0 Å². The highest BCUT2D eigenvalue weighted by molar-refractivity contribution is 5.51. The fourth-order valence-electron chi connectivity index (χ4n) is 2.28. The van der Waals surface area contributed by atoms with Crippen molar-refractivity contribution in [2.24, 2.45) is 0 Å². The third kappa shape index (κ3) is 2.56. The summed E-state index contributed by atoms with van der Waals surface area (Å²) in [6.07, 6.45) is 0.944. The van der Waals surface area contributed by atoms with Crippen molar-refractivity contribution in [1.29, 1.82) is 0 Å². The van der Waals surface area contributed by atoms with Gasteiger partial charge in [0.25, 0.3) is 5.69 Å². The summed E-state index contributed by atoms with van der Waals surface area (Å²) in [5.41, 5.74) is 3.21. The Labute approximate surface area is 116 Å². The predicted molar refractivity (Wildman–Crippen MR) is 76.1 cm³/mol. The molecule has 0 aromatic heterocycles. The average Bonchev–Trinajstić information content (AvgIpc) is 2.93. The van der Waals surface area contributed by atoms with Crippen LogP contribution in [0.4, 0.5) is 11.4 Å². The van der Waals surface area contributed by atoms with Gasteiger partial charge in [-0.05, 0) is 23.3 Å². The summed E-state index contributed by atoms with van der Waals surface area (Å²) in [5, 5.41) is 13.9. The van der Waals surface area contributed by atoms with E-state index in [1.54, 1.807) is 6.07 Å². The third-order valence-corrected chi connectivity index (χ3v) is 3.31. The van der Waals surface area contributed by atoms with Gasteiger partial charge < -0.3 is 10.1 Å². The molecule has 5 nitrogen and oxygen atoms in total. The number of hydrogen-bond acceptors (Lipinski definition) is 4. The van der Waals surface area contributed by atoms with Crippen LogP contribution in [-0.2, 0) is 13.0 Å². The minimum absolute atomic E-state index is 0.0948. The number of ether oxygens (including phenoxy) is 1. The molecule has 0 bridgehead atoms. The maximum absolute atomic E-state index is 10.7. The number of hydrogen-bond donors (Lipinski definition) is 1. The van der Waals surface area contributed by atoms with Crippen LogP contribution < -0.4 is 10.1 Å². The van der Waals surface area contributed by atoms with Crippen LogP contribution in [0.3, 0.4) is 0 Å². The van der Waals surface area contributed by atoms with Crippen LogP contribution in [0.2, 0.25) is 0 Å². The number of non-ortho nitro benzene ring substituents is 1. The number of nitrogens with zero attached hydrogens (tertiary/aromatic N) is 1. The Morgan fingerprint density at radius 1 is 1.25 bits per heavy atom. The average molecular weight is 270 g/mol. The van der Waals surface area contributed by atoms with Crippen molar-refractivity contribution in [2.75, 3.05) is 11.9 Å². The lowest BCUT2D eigenvalue weighted by Gasteiger charge is -2.07. The fraction of sp³-hybridized carbons (Fsp3) is 0.200. The summed E-state index contributed by atoms with van der Waals surface area (Å²) in [5.74, 6) is 0.962. The molecule has 0 amide bonds. The molecule has 0 spiro atoms. The van der Waals surface area contributed by atoms with E-state index in [-0.39, 0.29) is 5.69 Å². The lowest BCUT2D eigenvalue weighted by Crippen LogP contribution is -2.00. The maximum Gasteiger partial charge on any atom is 0.271 e. The standard InChI is InChI=1S/C15H14N2O3/c18-17(19)14-3-1-2-13(9-14)16-10-11-4-5-15-12(8-11)6-7-20-15/h1-5,8-9,16H,6-7,10H2. The summed E-state index contributed by atoms with van der Waals surface area (Å²) < 4.78 is 5.46. The van der Waals surface area contributed by atoms with Gasteiger partial charge in [0.1, 0.15) is 5.75 Å². The lowest BCUT2D eigenvalue weighted by molar-refractivity contribution is -0.384. The van der Waals surface area contributed by atoms with E-state index in [9.17, 15) is 10.1 Å². The molecule has 0 aliphatic carbocycles. The molecule has 1 N–H and O–H groups in total. The van der Waals surface area contributed by atoms with Crippen molar-refractivity contribution in [3.05, 3.63) is 63.7 Å². The van der Waals surface area contributed by atoms with Crippen molar-refractivity contribution in [3.63, 3.8) is 0 Å². The van der Waals surface area contributed by atoms with E-state index < -0.39 is 4.92 Å². The maximum atomic E-state index is 10.7. The van der Waals surface area contributed by atoms with Gasteiger partial charge in [0, 0.05) is 30.8 Å². The summed E-state index contributed by atoms with van der Waals surface area (Å²) in [7, 11) is 0. The molecule has 0 fully saturated rings. The molecule has 2 aromatic rings. The number of nitrogens with one attached hydrogen (secondary N) is 1. The fourth-order valence-corrected chi connectivity index (χ4v) is 2.28. The molecule has 102 valence electrons. The zero-order chi connectivity index (χ0) is 13.9. The van der Waals surface area contributed by atoms with Gasteiger partial charge in [-0.2, -0.15) is 0 Å². The monoisotopic (exact) mass is 270 g/mol. The Bertz CT molecular complexity index is 655. The molecule has 0 atom stereocenters. The summed E-state index contributed by atoms with van der Waals surface area (Å²) in [6, 6.07) is 12.6. The molecule has 0 radical (unpaired) electrons. The van der Waals surface area contributed by atoms with E-state index in [4.69, 9.17) is 4.74 Å². The summed E-state index contributed by atoms with van der Waals surface area (Å²) in [4.78, 5) is 10.3. The quantitative estimate of drug-likeness (QED) is 0.684. The number of nitro benzene ring substituents is 1.